The summed E-state index contributed by atoms with van der Waals surface area (Å²) in [6.45, 7) is 0.222. The van der Waals surface area contributed by atoms with Crippen molar-refractivity contribution in [2.75, 3.05) is 19.4 Å². The Labute approximate surface area is 123 Å². The lowest BCUT2D eigenvalue weighted by molar-refractivity contribution is -0.683. The molecule has 6 heteroatoms. The maximum absolute atomic E-state index is 12.0. The normalized spacial score (nSPS) is 10.6. The second-order valence-corrected chi connectivity index (χ2v) is 4.69. The van der Waals surface area contributed by atoms with Gasteiger partial charge in [0.15, 0.2) is 18.1 Å². The maximum Gasteiger partial charge on any atom is 0.290 e. The summed E-state index contributed by atoms with van der Waals surface area (Å²) in [5.41, 5.74) is 1.48. The first kappa shape index (κ1) is 14.6. The smallest absolute Gasteiger partial charge is 0.290 e. The van der Waals surface area contributed by atoms with Crippen molar-refractivity contribution in [2.45, 2.75) is 6.54 Å². The number of pyridine rings is 1. The van der Waals surface area contributed by atoms with E-state index in [4.69, 9.17) is 0 Å². The molecule has 1 aromatic heterocycles. The Morgan fingerprint density at radius 2 is 1.95 bits per heavy atom. The molecule has 0 aliphatic carbocycles. The lowest BCUT2D eigenvalue weighted by Crippen LogP contribution is -2.39. The minimum Gasteiger partial charge on any atom is -0.321 e. The minimum atomic E-state index is -0.0899. The van der Waals surface area contributed by atoms with Crippen LogP contribution in [-0.4, -0.2) is 25.0 Å². The number of carbonyl (C=O) groups excluding carboxylic acids is 1. The SMILES string of the molecule is CN(C)N=Nc1ccc[n+](CC(=O)Nc2ccccc2)c1. The summed E-state index contributed by atoms with van der Waals surface area (Å²) in [4.78, 5) is 12.0. The van der Waals surface area contributed by atoms with Crippen LogP contribution in [0.1, 0.15) is 0 Å². The van der Waals surface area contributed by atoms with Crippen LogP contribution in [0.2, 0.25) is 0 Å². The number of hydrogen-bond donors (Lipinski definition) is 1. The highest BCUT2D eigenvalue weighted by molar-refractivity contribution is 5.89. The Morgan fingerprint density at radius 1 is 1.19 bits per heavy atom. The Balaban J connectivity index is 1.99. The predicted molar refractivity (Wildman–Crippen MR) is 79.9 cm³/mol. The highest BCUT2D eigenvalue weighted by Gasteiger charge is 2.10. The Kier molecular flexibility index (Phi) is 4.98. The van der Waals surface area contributed by atoms with Gasteiger partial charge in [-0.15, -0.1) is 5.11 Å². The Morgan fingerprint density at radius 3 is 2.67 bits per heavy atom. The van der Waals surface area contributed by atoms with Gasteiger partial charge in [0.25, 0.3) is 5.91 Å². The fourth-order valence-corrected chi connectivity index (χ4v) is 1.69. The van der Waals surface area contributed by atoms with E-state index in [1.54, 1.807) is 29.9 Å². The van der Waals surface area contributed by atoms with Gasteiger partial charge in [-0.3, -0.25) is 9.80 Å². The van der Waals surface area contributed by atoms with Gasteiger partial charge in [0.05, 0.1) is 0 Å². The lowest BCUT2D eigenvalue weighted by Gasteiger charge is -2.03. The van der Waals surface area contributed by atoms with E-state index >= 15 is 0 Å². The monoisotopic (exact) mass is 284 g/mol. The predicted octanol–water partition coefficient (Wildman–Crippen LogP) is 2.17. The molecule has 1 aromatic carbocycles. The highest BCUT2D eigenvalue weighted by Crippen LogP contribution is 2.08. The van der Waals surface area contributed by atoms with Crippen LogP contribution in [0.15, 0.2) is 65.2 Å². The number of carbonyl (C=O) groups is 1. The van der Waals surface area contributed by atoms with E-state index in [9.17, 15) is 4.79 Å². The standard InChI is InChI=1S/C15H17N5O/c1-19(2)18-17-14-9-6-10-20(11-14)12-15(21)16-13-7-4-3-5-8-13/h3-11H,12H2,1-2H3/p+1. The molecule has 0 radical (unpaired) electrons. The fourth-order valence-electron chi connectivity index (χ4n) is 1.69. The summed E-state index contributed by atoms with van der Waals surface area (Å²) in [6, 6.07) is 13.0. The number of anilines is 1. The molecule has 108 valence electrons. The molecular weight excluding hydrogens is 266 g/mol. The number of benzene rings is 1. The molecule has 2 rings (SSSR count). The third kappa shape index (κ3) is 5.02. The van der Waals surface area contributed by atoms with Gasteiger partial charge in [-0.2, -0.15) is 4.57 Å². The van der Waals surface area contributed by atoms with Gasteiger partial charge in [-0.1, -0.05) is 23.4 Å². The van der Waals surface area contributed by atoms with Gasteiger partial charge >= 0.3 is 0 Å². The third-order valence-corrected chi connectivity index (χ3v) is 2.57. The second kappa shape index (κ2) is 7.14. The van der Waals surface area contributed by atoms with E-state index in [-0.39, 0.29) is 12.5 Å². The van der Waals surface area contributed by atoms with Crippen LogP contribution in [-0.2, 0) is 11.3 Å². The van der Waals surface area contributed by atoms with Gasteiger partial charge in [-0.25, -0.2) is 0 Å². The van der Waals surface area contributed by atoms with Crippen LogP contribution in [0.4, 0.5) is 11.4 Å². The number of para-hydroxylation sites is 1. The van der Waals surface area contributed by atoms with Crippen molar-refractivity contribution in [3.63, 3.8) is 0 Å². The van der Waals surface area contributed by atoms with Crippen molar-refractivity contribution in [3.8, 4) is 0 Å². The minimum absolute atomic E-state index is 0.0899. The largest absolute Gasteiger partial charge is 0.321 e. The summed E-state index contributed by atoms with van der Waals surface area (Å²) in [7, 11) is 3.60. The Bertz CT molecular complexity index is 625. The number of rotatable bonds is 5. The first-order valence-corrected chi connectivity index (χ1v) is 6.56. The topological polar surface area (TPSA) is 60.9 Å². The van der Waals surface area contributed by atoms with Crippen LogP contribution in [0.5, 0.6) is 0 Å². The first-order valence-electron chi connectivity index (χ1n) is 6.56. The van der Waals surface area contributed by atoms with E-state index < -0.39 is 0 Å². The number of nitrogens with one attached hydrogen (secondary N) is 1. The van der Waals surface area contributed by atoms with Crippen molar-refractivity contribution in [3.05, 3.63) is 54.9 Å². The summed E-state index contributed by atoms with van der Waals surface area (Å²) < 4.78 is 1.77. The zero-order valence-corrected chi connectivity index (χ0v) is 12.1. The quantitative estimate of drug-likeness (QED) is 0.519. The van der Waals surface area contributed by atoms with E-state index in [2.05, 4.69) is 15.7 Å². The molecule has 21 heavy (non-hydrogen) atoms. The highest BCUT2D eigenvalue weighted by atomic mass is 16.1. The molecule has 0 unspecified atom stereocenters. The molecule has 1 amide bonds. The lowest BCUT2D eigenvalue weighted by atomic mass is 10.3. The average Bonchev–Trinajstić information content (AvgIpc) is 2.46. The van der Waals surface area contributed by atoms with Crippen LogP contribution in [0.25, 0.3) is 0 Å². The number of aromatic nitrogens is 1. The van der Waals surface area contributed by atoms with Crippen molar-refractivity contribution in [2.24, 2.45) is 10.3 Å². The molecule has 0 atom stereocenters. The molecular formula is C15H18N5O+. The van der Waals surface area contributed by atoms with Crippen LogP contribution in [0, 0.1) is 0 Å². The van der Waals surface area contributed by atoms with Crippen molar-refractivity contribution in [1.29, 1.82) is 0 Å². The van der Waals surface area contributed by atoms with Gasteiger partial charge in [0.1, 0.15) is 0 Å². The summed E-state index contributed by atoms with van der Waals surface area (Å²) in [6.07, 6.45) is 3.59. The average molecular weight is 284 g/mol. The third-order valence-electron chi connectivity index (χ3n) is 2.57. The molecule has 0 saturated heterocycles. The van der Waals surface area contributed by atoms with Crippen molar-refractivity contribution >= 4 is 17.3 Å². The summed E-state index contributed by atoms with van der Waals surface area (Å²) in [5.74, 6) is -0.0899. The molecule has 1 heterocycles. The van der Waals surface area contributed by atoms with Gasteiger partial charge in [0, 0.05) is 25.8 Å². The van der Waals surface area contributed by atoms with E-state index in [0.29, 0.717) is 5.69 Å². The molecule has 0 spiro atoms. The second-order valence-electron chi connectivity index (χ2n) is 4.69. The van der Waals surface area contributed by atoms with E-state index in [0.717, 1.165) is 5.69 Å². The molecule has 0 bridgehead atoms. The first-order chi connectivity index (χ1) is 10.1. The van der Waals surface area contributed by atoms with Crippen LogP contribution >= 0.6 is 0 Å². The van der Waals surface area contributed by atoms with Crippen molar-refractivity contribution < 1.29 is 9.36 Å². The number of nitrogens with zero attached hydrogens (tertiary/aromatic N) is 4. The van der Waals surface area contributed by atoms with Crippen molar-refractivity contribution in [1.82, 2.24) is 5.01 Å². The molecule has 0 aliphatic rings. The number of amides is 1. The van der Waals surface area contributed by atoms with Crippen LogP contribution in [0.3, 0.4) is 0 Å². The van der Waals surface area contributed by atoms with Gasteiger partial charge in [-0.05, 0) is 18.2 Å². The maximum atomic E-state index is 12.0. The zero-order chi connectivity index (χ0) is 15.1. The van der Waals surface area contributed by atoms with E-state index in [1.807, 2.05) is 48.7 Å². The number of hydrogen-bond acceptors (Lipinski definition) is 3. The Hall–Kier alpha value is -2.76. The van der Waals surface area contributed by atoms with Crippen LogP contribution < -0.4 is 9.88 Å². The molecule has 6 nitrogen and oxygen atoms in total. The summed E-state index contributed by atoms with van der Waals surface area (Å²) in [5, 5.41) is 12.4. The van der Waals surface area contributed by atoms with E-state index in [1.165, 1.54) is 0 Å². The molecule has 2 aromatic rings. The summed E-state index contributed by atoms with van der Waals surface area (Å²) >= 11 is 0. The molecule has 0 aliphatic heterocycles. The van der Waals surface area contributed by atoms with Gasteiger partial charge < -0.3 is 5.32 Å². The fraction of sp³-hybridized carbons (Fsp3) is 0.200. The van der Waals surface area contributed by atoms with Gasteiger partial charge in [0.2, 0.25) is 6.54 Å². The molecule has 1 N–H and O–H groups in total. The molecule has 0 saturated carbocycles. The molecule has 0 fully saturated rings. The zero-order valence-electron chi connectivity index (χ0n) is 12.1.